The molecule has 2 N–H and O–H groups in total. The van der Waals surface area contributed by atoms with Crippen molar-refractivity contribution >= 4 is 50.0 Å². The van der Waals surface area contributed by atoms with Crippen molar-refractivity contribution < 1.29 is 13.2 Å². The fraction of sp³-hybridized carbons (Fsp3) is 0.286. The summed E-state index contributed by atoms with van der Waals surface area (Å²) in [4.78, 5) is 16.0. The first-order valence-electron chi connectivity index (χ1n) is 9.56. The van der Waals surface area contributed by atoms with E-state index in [-0.39, 0.29) is 22.5 Å². The minimum absolute atomic E-state index is 0.226. The lowest BCUT2D eigenvalue weighted by atomic mass is 10.1. The van der Waals surface area contributed by atoms with Crippen molar-refractivity contribution in [2.24, 2.45) is 0 Å². The topological polar surface area (TPSA) is 82.3 Å². The second kappa shape index (κ2) is 8.98. The number of hydrogen-bond donors (Lipinski definition) is 2. The number of aromatic amines is 1. The molecule has 2 aromatic carbocycles. The average Bonchev–Trinajstić information content (AvgIpc) is 3.05. The number of H-pyrrole nitrogens is 1. The molecule has 0 saturated heterocycles. The zero-order chi connectivity index (χ0) is 22.1. The molecule has 30 heavy (non-hydrogen) atoms. The predicted molar refractivity (Wildman–Crippen MR) is 121 cm³/mol. The molecule has 0 fully saturated rings. The van der Waals surface area contributed by atoms with E-state index < -0.39 is 10.0 Å². The van der Waals surface area contributed by atoms with Crippen LogP contribution in [0.2, 0.25) is 10.0 Å². The van der Waals surface area contributed by atoms with E-state index in [0.717, 1.165) is 5.56 Å². The molecule has 1 aromatic heterocycles. The first-order chi connectivity index (χ1) is 14.2. The first-order valence-corrected chi connectivity index (χ1v) is 11.8. The summed E-state index contributed by atoms with van der Waals surface area (Å²) >= 11 is 12.4. The van der Waals surface area contributed by atoms with Gasteiger partial charge in [0.05, 0.1) is 16.0 Å². The summed E-state index contributed by atoms with van der Waals surface area (Å²) in [5, 5.41) is 4.39. The highest BCUT2D eigenvalue weighted by Gasteiger charge is 2.22. The van der Waals surface area contributed by atoms with Gasteiger partial charge in [0.25, 0.3) is 5.91 Å². The smallest absolute Gasteiger partial charge is 0.269 e. The molecule has 1 unspecified atom stereocenters. The average molecular weight is 468 g/mol. The van der Waals surface area contributed by atoms with Crippen LogP contribution in [0.1, 0.15) is 42.9 Å². The third-order valence-corrected chi connectivity index (χ3v) is 7.69. The molecule has 6 nitrogen and oxygen atoms in total. The maximum Gasteiger partial charge on any atom is 0.269 e. The van der Waals surface area contributed by atoms with E-state index in [1.54, 1.807) is 56.3 Å². The number of sulfonamides is 1. The lowest BCUT2D eigenvalue weighted by Gasteiger charge is -2.19. The van der Waals surface area contributed by atoms with Crippen molar-refractivity contribution in [3.05, 3.63) is 63.8 Å². The predicted octanol–water partition coefficient (Wildman–Crippen LogP) is 5.00. The Kier molecular flexibility index (Phi) is 6.77. The Morgan fingerprint density at radius 3 is 2.33 bits per heavy atom. The van der Waals surface area contributed by atoms with Crippen LogP contribution >= 0.6 is 23.2 Å². The number of halogens is 2. The number of carbonyl (C=O) groups is 1. The van der Waals surface area contributed by atoms with E-state index in [1.807, 2.05) is 6.92 Å². The molecule has 3 aromatic rings. The van der Waals surface area contributed by atoms with Crippen molar-refractivity contribution in [1.82, 2.24) is 14.6 Å². The Morgan fingerprint density at radius 1 is 1.10 bits per heavy atom. The molecule has 0 spiro atoms. The standard InChI is InChI=1S/C21H23Cl2N3O3S/c1-4-26(5-2)30(28,29)16-9-6-14(7-10-16)13(3)24-21(27)20-19(23)17-12-15(22)8-11-18(17)25-20/h6-13,25H,4-5H2,1-3H3,(H,24,27). The number of fused-ring (bicyclic) bond motifs is 1. The van der Waals surface area contributed by atoms with Crippen LogP contribution in [0.5, 0.6) is 0 Å². The number of nitrogens with zero attached hydrogens (tertiary/aromatic N) is 1. The van der Waals surface area contributed by atoms with Gasteiger partial charge in [-0.25, -0.2) is 8.42 Å². The van der Waals surface area contributed by atoms with E-state index in [2.05, 4.69) is 10.3 Å². The van der Waals surface area contributed by atoms with Crippen LogP contribution in [-0.4, -0.2) is 36.7 Å². The Hall–Kier alpha value is -2.06. The third kappa shape index (κ3) is 4.34. The number of benzene rings is 2. The maximum atomic E-state index is 12.7. The molecule has 9 heteroatoms. The van der Waals surface area contributed by atoms with E-state index in [9.17, 15) is 13.2 Å². The van der Waals surface area contributed by atoms with Crippen LogP contribution in [0, 0.1) is 0 Å². The number of rotatable bonds is 7. The summed E-state index contributed by atoms with van der Waals surface area (Å²) in [6, 6.07) is 11.3. The van der Waals surface area contributed by atoms with Crippen LogP contribution in [0.15, 0.2) is 47.4 Å². The second-order valence-corrected chi connectivity index (χ2v) is 9.61. The van der Waals surface area contributed by atoms with Crippen LogP contribution in [0.25, 0.3) is 10.9 Å². The molecular weight excluding hydrogens is 445 g/mol. The molecule has 1 amide bonds. The van der Waals surface area contributed by atoms with Gasteiger partial charge in [-0.1, -0.05) is 49.2 Å². The molecule has 3 rings (SSSR count). The zero-order valence-corrected chi connectivity index (χ0v) is 19.2. The number of hydrogen-bond acceptors (Lipinski definition) is 3. The molecule has 1 atom stereocenters. The molecule has 1 heterocycles. The van der Waals surface area contributed by atoms with Gasteiger partial charge in [-0.15, -0.1) is 0 Å². The van der Waals surface area contributed by atoms with Crippen molar-refractivity contribution in [2.75, 3.05) is 13.1 Å². The largest absolute Gasteiger partial charge is 0.349 e. The molecule has 0 aliphatic heterocycles. The Labute approximate surface area is 186 Å². The number of aromatic nitrogens is 1. The quantitative estimate of drug-likeness (QED) is 0.512. The fourth-order valence-corrected chi connectivity index (χ4v) is 5.20. The fourth-order valence-electron chi connectivity index (χ4n) is 3.28. The monoisotopic (exact) mass is 467 g/mol. The SMILES string of the molecule is CCN(CC)S(=O)(=O)c1ccc(C(C)NC(=O)c2[nH]c3ccc(Cl)cc3c2Cl)cc1. The zero-order valence-electron chi connectivity index (χ0n) is 16.9. The van der Waals surface area contributed by atoms with Crippen molar-refractivity contribution in [1.29, 1.82) is 0 Å². The van der Waals surface area contributed by atoms with Gasteiger partial charge >= 0.3 is 0 Å². The van der Waals surface area contributed by atoms with Crippen LogP contribution in [0.4, 0.5) is 0 Å². The minimum Gasteiger partial charge on any atom is -0.349 e. The molecular formula is C21H23Cl2N3O3S. The normalized spacial score (nSPS) is 13.0. The van der Waals surface area contributed by atoms with Gasteiger partial charge < -0.3 is 10.3 Å². The van der Waals surface area contributed by atoms with E-state index in [0.29, 0.717) is 34.0 Å². The minimum atomic E-state index is -3.52. The van der Waals surface area contributed by atoms with E-state index in [4.69, 9.17) is 23.2 Å². The summed E-state index contributed by atoms with van der Waals surface area (Å²) in [6.45, 7) is 6.23. The highest BCUT2D eigenvalue weighted by atomic mass is 35.5. The number of amides is 1. The van der Waals surface area contributed by atoms with Gasteiger partial charge in [0.1, 0.15) is 5.69 Å². The summed E-state index contributed by atoms with van der Waals surface area (Å²) in [5.74, 6) is -0.361. The summed E-state index contributed by atoms with van der Waals surface area (Å²) in [6.07, 6.45) is 0. The van der Waals surface area contributed by atoms with Gasteiger partial charge in [-0.05, 0) is 42.8 Å². The first kappa shape index (κ1) is 22.6. The maximum absolute atomic E-state index is 12.7. The van der Waals surface area contributed by atoms with Crippen LogP contribution in [0.3, 0.4) is 0 Å². The molecule has 0 bridgehead atoms. The van der Waals surface area contributed by atoms with E-state index in [1.165, 1.54) is 4.31 Å². The number of nitrogens with one attached hydrogen (secondary N) is 2. The Morgan fingerprint density at radius 2 is 1.73 bits per heavy atom. The van der Waals surface area contributed by atoms with Crippen LogP contribution < -0.4 is 5.32 Å². The lowest BCUT2D eigenvalue weighted by Crippen LogP contribution is -2.30. The Balaban J connectivity index is 1.79. The molecule has 0 aliphatic carbocycles. The highest BCUT2D eigenvalue weighted by molar-refractivity contribution is 7.89. The van der Waals surface area contributed by atoms with Gasteiger partial charge in [0.2, 0.25) is 10.0 Å². The van der Waals surface area contributed by atoms with Gasteiger partial charge in [0, 0.05) is 29.0 Å². The van der Waals surface area contributed by atoms with Crippen LogP contribution in [-0.2, 0) is 10.0 Å². The van der Waals surface area contributed by atoms with Crippen molar-refractivity contribution in [2.45, 2.75) is 31.7 Å². The molecule has 0 aliphatic rings. The lowest BCUT2D eigenvalue weighted by molar-refractivity contribution is 0.0936. The highest BCUT2D eigenvalue weighted by Crippen LogP contribution is 2.30. The van der Waals surface area contributed by atoms with Crippen molar-refractivity contribution in [3.63, 3.8) is 0 Å². The summed E-state index contributed by atoms with van der Waals surface area (Å²) < 4.78 is 26.6. The van der Waals surface area contributed by atoms with Crippen molar-refractivity contribution in [3.8, 4) is 0 Å². The van der Waals surface area contributed by atoms with Gasteiger partial charge in [-0.3, -0.25) is 4.79 Å². The van der Waals surface area contributed by atoms with E-state index >= 15 is 0 Å². The summed E-state index contributed by atoms with van der Waals surface area (Å²) in [5.41, 5.74) is 1.74. The van der Waals surface area contributed by atoms with Gasteiger partial charge in [0.15, 0.2) is 0 Å². The molecule has 0 saturated carbocycles. The third-order valence-electron chi connectivity index (χ3n) is 5.00. The Bertz CT molecular complexity index is 1170. The number of carbonyl (C=O) groups excluding carboxylic acids is 1. The second-order valence-electron chi connectivity index (χ2n) is 6.86. The summed E-state index contributed by atoms with van der Waals surface area (Å²) in [7, 11) is -3.52. The van der Waals surface area contributed by atoms with Gasteiger partial charge in [-0.2, -0.15) is 4.31 Å². The molecule has 160 valence electrons. The molecule has 0 radical (unpaired) electrons.